The third kappa shape index (κ3) is 21.3. The van der Waals surface area contributed by atoms with Gasteiger partial charge < -0.3 is 61.9 Å². The molecule has 0 bridgehead atoms. The van der Waals surface area contributed by atoms with Crippen LogP contribution in [0.25, 0.3) is 0 Å². The third-order valence-corrected chi connectivity index (χ3v) is 16.4. The minimum atomic E-state index is -1.85. The fourth-order valence-electron chi connectivity index (χ4n) is 10.4. The van der Waals surface area contributed by atoms with Gasteiger partial charge in [-0.05, 0) is 74.1 Å². The molecule has 10 atom stereocenters. The van der Waals surface area contributed by atoms with Crippen LogP contribution in [0.5, 0.6) is 0 Å². The molecule has 0 radical (unpaired) electrons. The Balaban J connectivity index is 1.56. The number of nitrogens with one attached hydrogen (secondary N) is 7. The summed E-state index contributed by atoms with van der Waals surface area (Å²) >= 11 is 4.37. The first kappa shape index (κ1) is 72.1. The van der Waals surface area contributed by atoms with Gasteiger partial charge in [0.1, 0.15) is 54.4 Å². The normalized spacial score (nSPS) is 23.1. The molecular formula is C66H89N11O12S. The Morgan fingerprint density at radius 3 is 1.60 bits per heavy atom. The van der Waals surface area contributed by atoms with Gasteiger partial charge in [-0.1, -0.05) is 135 Å². The van der Waals surface area contributed by atoms with Gasteiger partial charge in [-0.15, -0.1) is 0 Å². The Labute approximate surface area is 533 Å². The molecule has 4 aromatic rings. The molecule has 3 unspecified atom stereocenters. The van der Waals surface area contributed by atoms with Crippen LogP contribution in [0.2, 0.25) is 0 Å². The first-order valence-corrected chi connectivity index (χ1v) is 31.0. The van der Waals surface area contributed by atoms with Crippen molar-refractivity contribution in [1.29, 1.82) is 0 Å². The Bertz CT molecular complexity index is 3070. The highest BCUT2D eigenvalue weighted by Gasteiger charge is 2.40. The zero-order valence-electron chi connectivity index (χ0n) is 52.9. The summed E-state index contributed by atoms with van der Waals surface area (Å²) in [6, 6.07) is 25.0. The van der Waals surface area contributed by atoms with Gasteiger partial charge in [-0.25, -0.2) is 0 Å². The number of hydrogen-bond acceptors (Lipinski definition) is 13. The van der Waals surface area contributed by atoms with Crippen molar-refractivity contribution < 1.29 is 57.8 Å². The molecule has 0 aliphatic carbocycles. The molecule has 0 saturated carbocycles. The van der Waals surface area contributed by atoms with E-state index in [0.29, 0.717) is 22.3 Å². The second-order valence-electron chi connectivity index (χ2n) is 23.3. The van der Waals surface area contributed by atoms with Crippen molar-refractivity contribution in [1.82, 2.24) is 56.8 Å². The molecule has 5 rings (SSSR count). The lowest BCUT2D eigenvalue weighted by Gasteiger charge is -2.34. The number of benzene rings is 4. The Morgan fingerprint density at radius 1 is 0.567 bits per heavy atom. The van der Waals surface area contributed by atoms with Crippen molar-refractivity contribution >= 4 is 77.6 Å². The number of thiol groups is 1. The molecule has 1 aliphatic rings. The summed E-state index contributed by atoms with van der Waals surface area (Å²) in [5.74, 6) is -9.78. The molecule has 24 heteroatoms. The van der Waals surface area contributed by atoms with E-state index in [1.165, 1.54) is 58.9 Å². The van der Waals surface area contributed by atoms with Gasteiger partial charge in [0.05, 0.1) is 12.5 Å². The van der Waals surface area contributed by atoms with Gasteiger partial charge in [0.25, 0.3) is 0 Å². The molecule has 90 heavy (non-hydrogen) atoms. The fraction of sp³-hybridized carbons (Fsp3) is 0.470. The van der Waals surface area contributed by atoms with Gasteiger partial charge in [0.2, 0.25) is 65.0 Å². The summed E-state index contributed by atoms with van der Waals surface area (Å²) in [5.41, 5.74) is 2.59. The van der Waals surface area contributed by atoms with Crippen LogP contribution in [0.15, 0.2) is 121 Å². The number of carbonyl (C=O) groups excluding carboxylic acids is 11. The SMILES string of the molecule is CNC(=O)[C@@H](O)C(Cc1ccccc1)C(=O)N[C@H]1CCCCNC(=O)[C@H](CS)NC(=O)[C@H](Cc2ccccc2)NC(=O)[C@H](C)N(C)C(=O)C(C)NC(=O)C(Cc2ccccc2)N(C)C(=O)CN(C)C(=O)[C@H](Cc2ccccc2)NC(=O)[C@H](CC(C)C)N(C)C1=O. The molecule has 0 aromatic heterocycles. The van der Waals surface area contributed by atoms with E-state index >= 15 is 4.79 Å². The van der Waals surface area contributed by atoms with Crippen LogP contribution in [0.1, 0.15) is 75.6 Å². The Kier molecular flexibility index (Phi) is 28.5. The smallest absolute Gasteiger partial charge is 0.249 e. The van der Waals surface area contributed by atoms with Gasteiger partial charge in [-0.2, -0.15) is 12.6 Å². The number of aliphatic hydroxyl groups excluding tert-OH is 1. The van der Waals surface area contributed by atoms with Crippen molar-refractivity contribution in [3.63, 3.8) is 0 Å². The topological polar surface area (TPSA) is 305 Å². The predicted octanol–water partition coefficient (Wildman–Crippen LogP) is 1.36. The second kappa shape index (κ2) is 35.5. The molecule has 11 amide bonds. The van der Waals surface area contributed by atoms with E-state index in [9.17, 15) is 53.1 Å². The maximum Gasteiger partial charge on any atom is 0.249 e. The first-order chi connectivity index (χ1) is 42.8. The largest absolute Gasteiger partial charge is 0.382 e. The van der Waals surface area contributed by atoms with E-state index in [0.717, 1.165) is 9.80 Å². The van der Waals surface area contributed by atoms with Gasteiger partial charge in [0, 0.05) is 66.8 Å². The lowest BCUT2D eigenvalue weighted by molar-refractivity contribution is -0.146. The molecule has 1 heterocycles. The molecule has 1 aliphatic heterocycles. The predicted molar refractivity (Wildman–Crippen MR) is 343 cm³/mol. The summed E-state index contributed by atoms with van der Waals surface area (Å²) in [6.45, 7) is 5.99. The maximum atomic E-state index is 15.1. The lowest BCUT2D eigenvalue weighted by atomic mass is 9.91. The summed E-state index contributed by atoms with van der Waals surface area (Å²) in [5, 5.41) is 30.3. The molecule has 486 valence electrons. The second-order valence-corrected chi connectivity index (χ2v) is 23.7. The first-order valence-electron chi connectivity index (χ1n) is 30.3. The van der Waals surface area contributed by atoms with Crippen molar-refractivity contribution in [2.45, 2.75) is 134 Å². The van der Waals surface area contributed by atoms with Crippen molar-refractivity contribution in [2.75, 3.05) is 54.1 Å². The number of nitrogens with zero attached hydrogens (tertiary/aromatic N) is 4. The summed E-state index contributed by atoms with van der Waals surface area (Å²) in [7, 11) is 6.85. The molecule has 8 N–H and O–H groups in total. The number of aliphatic hydroxyl groups is 1. The van der Waals surface area contributed by atoms with Crippen LogP contribution >= 0.6 is 12.6 Å². The van der Waals surface area contributed by atoms with E-state index < -0.39 is 132 Å². The van der Waals surface area contributed by atoms with Crippen LogP contribution < -0.4 is 37.2 Å². The molecular weight excluding hydrogens is 1170 g/mol. The third-order valence-electron chi connectivity index (χ3n) is 16.0. The Hall–Kier alpha value is -8.64. The molecule has 1 fully saturated rings. The van der Waals surface area contributed by atoms with E-state index in [2.05, 4.69) is 49.8 Å². The fourth-order valence-corrected chi connectivity index (χ4v) is 10.7. The summed E-state index contributed by atoms with van der Waals surface area (Å²) < 4.78 is 0. The number of likely N-dealkylation sites (N-methyl/N-ethyl adjacent to an activating group) is 5. The molecule has 0 spiro atoms. The number of amides is 11. The average Bonchev–Trinajstić information content (AvgIpc) is 3.57. The minimum absolute atomic E-state index is 0.00978. The number of carbonyl (C=O) groups is 11. The monoisotopic (exact) mass is 1260 g/mol. The highest BCUT2D eigenvalue weighted by molar-refractivity contribution is 7.80. The Morgan fingerprint density at radius 2 is 1.07 bits per heavy atom. The van der Waals surface area contributed by atoms with Crippen molar-refractivity contribution in [3.05, 3.63) is 144 Å². The highest BCUT2D eigenvalue weighted by atomic mass is 32.1. The van der Waals surface area contributed by atoms with Gasteiger partial charge in [-0.3, -0.25) is 52.7 Å². The lowest BCUT2D eigenvalue weighted by Crippen LogP contribution is -2.59. The standard InChI is InChI=1S/C66H89N11O12S/c1-41(2)34-53-62(85)72-51(37-46-28-18-12-19-29-46)65(88)74(6)39-55(78)76(8)54(38-47-30-20-13-21-31-47)61(84)69-42(3)64(87)75(7)43(4)57(80)71-50(36-45-26-16-11-17-27-45)60(83)73-52(40-90)59(82)68-33-23-22-32-49(66(89)77(53)9)70-58(81)48(56(79)63(86)67-5)35-44-24-14-10-15-25-44/h10-21,24-31,41-43,48-54,56,79,90H,22-23,32-40H2,1-9H3,(H,67,86)(H,68,82)(H,69,84)(H,70,81)(H,71,80)(H,72,85)(H,73,83)/t42?,43-,48?,49-,50-,51-,52-,53-,54?,56-/m0/s1. The quantitative estimate of drug-likeness (QED) is 0.0763. The number of rotatable bonds is 15. The average molecular weight is 1260 g/mol. The summed E-state index contributed by atoms with van der Waals surface area (Å²) in [4.78, 5) is 162. The maximum absolute atomic E-state index is 15.1. The van der Waals surface area contributed by atoms with Gasteiger partial charge >= 0.3 is 0 Å². The molecule has 4 aromatic carbocycles. The van der Waals surface area contributed by atoms with Crippen LogP contribution in [0, 0.1) is 11.8 Å². The van der Waals surface area contributed by atoms with Crippen molar-refractivity contribution in [2.24, 2.45) is 11.8 Å². The zero-order chi connectivity index (χ0) is 66.2. The van der Waals surface area contributed by atoms with E-state index in [-0.39, 0.29) is 69.6 Å². The molecule has 23 nitrogen and oxygen atoms in total. The van der Waals surface area contributed by atoms with Crippen LogP contribution in [0.4, 0.5) is 0 Å². The number of hydrogen-bond donors (Lipinski definition) is 9. The summed E-state index contributed by atoms with van der Waals surface area (Å²) in [6.07, 6.45) is -1.64. The minimum Gasteiger partial charge on any atom is -0.382 e. The van der Waals surface area contributed by atoms with E-state index in [1.807, 2.05) is 13.8 Å². The zero-order valence-corrected chi connectivity index (χ0v) is 53.7. The van der Waals surface area contributed by atoms with Crippen LogP contribution in [-0.4, -0.2) is 198 Å². The van der Waals surface area contributed by atoms with Crippen LogP contribution in [-0.2, 0) is 78.4 Å². The van der Waals surface area contributed by atoms with E-state index in [1.54, 1.807) is 121 Å². The molecule has 1 saturated heterocycles. The van der Waals surface area contributed by atoms with Crippen molar-refractivity contribution in [3.8, 4) is 0 Å². The van der Waals surface area contributed by atoms with E-state index in [4.69, 9.17) is 0 Å². The highest BCUT2D eigenvalue weighted by Crippen LogP contribution is 2.20. The van der Waals surface area contributed by atoms with Gasteiger partial charge in [0.15, 0.2) is 0 Å². The van der Waals surface area contributed by atoms with Crippen LogP contribution in [0.3, 0.4) is 0 Å².